The first-order chi connectivity index (χ1) is 12.6. The van der Waals surface area contributed by atoms with Gasteiger partial charge in [-0.15, -0.1) is 11.3 Å². The first kappa shape index (κ1) is 18.6. The van der Waals surface area contributed by atoms with Crippen molar-refractivity contribution in [2.24, 2.45) is 5.92 Å². The number of carbonyl (C=O) groups excluding carboxylic acids is 1. The smallest absolute Gasteiger partial charge is 0.319 e. The molecule has 0 aliphatic heterocycles. The van der Waals surface area contributed by atoms with Gasteiger partial charge < -0.3 is 20.1 Å². The molecule has 0 spiro atoms. The zero-order chi connectivity index (χ0) is 18.5. The molecular weight excluding hydrogens is 348 g/mol. The highest BCUT2D eigenvalue weighted by atomic mass is 32.1. The van der Waals surface area contributed by atoms with Crippen molar-refractivity contribution in [1.29, 1.82) is 0 Å². The highest BCUT2D eigenvalue weighted by Gasteiger charge is 2.19. The molecule has 26 heavy (non-hydrogen) atoms. The molecule has 1 aromatic heterocycles. The molecule has 0 bridgehead atoms. The summed E-state index contributed by atoms with van der Waals surface area (Å²) in [5.41, 5.74) is 3.49. The Morgan fingerprint density at radius 1 is 1.31 bits per heavy atom. The van der Waals surface area contributed by atoms with Gasteiger partial charge in [0, 0.05) is 17.5 Å². The van der Waals surface area contributed by atoms with Crippen LogP contribution in [0.3, 0.4) is 0 Å². The van der Waals surface area contributed by atoms with Crippen LogP contribution in [0.4, 0.5) is 10.5 Å². The lowest BCUT2D eigenvalue weighted by Gasteiger charge is -2.19. The molecule has 2 aromatic rings. The SMILES string of the molecule is COc1ccc(OC)c(NC(=O)NCCc2csc3c2CC[C@@H](C)C3)c1. The van der Waals surface area contributed by atoms with Crippen molar-refractivity contribution in [2.75, 3.05) is 26.1 Å². The molecule has 0 saturated heterocycles. The minimum atomic E-state index is -0.241. The Morgan fingerprint density at radius 3 is 2.92 bits per heavy atom. The average molecular weight is 375 g/mol. The van der Waals surface area contributed by atoms with Crippen LogP contribution in [-0.2, 0) is 19.3 Å². The molecule has 1 aromatic carbocycles. The van der Waals surface area contributed by atoms with E-state index in [1.807, 2.05) is 11.3 Å². The summed E-state index contributed by atoms with van der Waals surface area (Å²) in [6, 6.07) is 5.07. The standard InChI is InChI=1S/C20H26N2O3S/c1-13-4-6-16-14(12-26-19(16)10-13)8-9-21-20(23)22-17-11-15(24-2)5-7-18(17)25-3/h5,7,11-13H,4,6,8-10H2,1-3H3,(H2,21,22,23)/t13-/m1/s1. The van der Waals surface area contributed by atoms with Crippen LogP contribution < -0.4 is 20.1 Å². The van der Waals surface area contributed by atoms with E-state index in [9.17, 15) is 4.79 Å². The fourth-order valence-electron chi connectivity index (χ4n) is 3.34. The number of urea groups is 1. The average Bonchev–Trinajstić information content (AvgIpc) is 3.03. The van der Waals surface area contributed by atoms with Gasteiger partial charge in [0.2, 0.25) is 0 Å². The quantitative estimate of drug-likeness (QED) is 0.794. The van der Waals surface area contributed by atoms with E-state index < -0.39 is 0 Å². The van der Waals surface area contributed by atoms with Gasteiger partial charge in [-0.05, 0) is 60.2 Å². The number of anilines is 1. The summed E-state index contributed by atoms with van der Waals surface area (Å²) in [7, 11) is 3.17. The zero-order valence-electron chi connectivity index (χ0n) is 15.6. The molecule has 0 unspecified atom stereocenters. The summed E-state index contributed by atoms with van der Waals surface area (Å²) in [4.78, 5) is 13.8. The van der Waals surface area contributed by atoms with E-state index in [1.165, 1.54) is 35.3 Å². The fraction of sp³-hybridized carbons (Fsp3) is 0.450. The predicted octanol–water partition coefficient (Wildman–Crippen LogP) is 4.25. The molecule has 1 heterocycles. The van der Waals surface area contributed by atoms with Crippen LogP contribution in [0.2, 0.25) is 0 Å². The van der Waals surface area contributed by atoms with Gasteiger partial charge in [-0.2, -0.15) is 0 Å². The molecule has 0 fully saturated rings. The van der Waals surface area contributed by atoms with Crippen LogP contribution in [0.15, 0.2) is 23.6 Å². The van der Waals surface area contributed by atoms with Crippen molar-refractivity contribution in [3.05, 3.63) is 39.6 Å². The van der Waals surface area contributed by atoms with E-state index >= 15 is 0 Å². The summed E-state index contributed by atoms with van der Waals surface area (Å²) >= 11 is 1.87. The normalized spacial score (nSPS) is 15.9. The third-order valence-corrected chi connectivity index (χ3v) is 5.92. The number of ether oxygens (including phenoxy) is 2. The number of nitrogens with one attached hydrogen (secondary N) is 2. The number of hydrogen-bond acceptors (Lipinski definition) is 4. The molecule has 6 heteroatoms. The molecule has 5 nitrogen and oxygen atoms in total. The van der Waals surface area contributed by atoms with E-state index in [1.54, 1.807) is 32.4 Å². The number of carbonyl (C=O) groups is 1. The van der Waals surface area contributed by atoms with E-state index in [0.717, 1.165) is 12.3 Å². The summed E-state index contributed by atoms with van der Waals surface area (Å²) < 4.78 is 10.5. The number of fused-ring (bicyclic) bond motifs is 1. The van der Waals surface area contributed by atoms with Crippen LogP contribution in [0.25, 0.3) is 0 Å². The molecule has 0 radical (unpaired) electrons. The van der Waals surface area contributed by atoms with Crippen molar-refractivity contribution in [3.63, 3.8) is 0 Å². The lowest BCUT2D eigenvalue weighted by molar-refractivity contribution is 0.252. The molecule has 2 amide bonds. The van der Waals surface area contributed by atoms with E-state index in [0.29, 0.717) is 23.7 Å². The lowest BCUT2D eigenvalue weighted by atomic mass is 9.88. The summed E-state index contributed by atoms with van der Waals surface area (Å²) in [5, 5.41) is 8.02. The van der Waals surface area contributed by atoms with Crippen molar-refractivity contribution in [1.82, 2.24) is 5.32 Å². The second-order valence-corrected chi connectivity index (χ2v) is 7.67. The van der Waals surface area contributed by atoms with Crippen LogP contribution in [0.1, 0.15) is 29.3 Å². The highest BCUT2D eigenvalue weighted by molar-refractivity contribution is 7.10. The third-order valence-electron chi connectivity index (χ3n) is 4.82. The van der Waals surface area contributed by atoms with E-state index in [-0.39, 0.29) is 6.03 Å². The number of methoxy groups -OCH3 is 2. The second kappa shape index (κ2) is 8.45. The minimum Gasteiger partial charge on any atom is -0.497 e. The van der Waals surface area contributed by atoms with Crippen molar-refractivity contribution in [3.8, 4) is 11.5 Å². The number of hydrogen-bond donors (Lipinski definition) is 2. The summed E-state index contributed by atoms with van der Waals surface area (Å²) in [6.07, 6.45) is 4.50. The van der Waals surface area contributed by atoms with Gasteiger partial charge in [-0.3, -0.25) is 0 Å². The van der Waals surface area contributed by atoms with Gasteiger partial charge in [0.1, 0.15) is 11.5 Å². The van der Waals surface area contributed by atoms with Gasteiger partial charge >= 0.3 is 6.03 Å². The first-order valence-corrected chi connectivity index (χ1v) is 9.83. The Morgan fingerprint density at radius 2 is 2.15 bits per heavy atom. The summed E-state index contributed by atoms with van der Waals surface area (Å²) in [5.74, 6) is 2.05. The van der Waals surface area contributed by atoms with Crippen LogP contribution in [0, 0.1) is 5.92 Å². The van der Waals surface area contributed by atoms with E-state index in [4.69, 9.17) is 9.47 Å². The third kappa shape index (κ3) is 4.30. The van der Waals surface area contributed by atoms with Gasteiger partial charge in [0.05, 0.1) is 19.9 Å². The minimum absolute atomic E-state index is 0.241. The molecular formula is C20H26N2O3S. The van der Waals surface area contributed by atoms with Crippen molar-refractivity contribution in [2.45, 2.75) is 32.6 Å². The van der Waals surface area contributed by atoms with Crippen molar-refractivity contribution >= 4 is 23.1 Å². The monoisotopic (exact) mass is 374 g/mol. The van der Waals surface area contributed by atoms with Gasteiger partial charge in [-0.1, -0.05) is 6.92 Å². The van der Waals surface area contributed by atoms with Gasteiger partial charge in [-0.25, -0.2) is 4.79 Å². The maximum Gasteiger partial charge on any atom is 0.319 e. The summed E-state index contributed by atoms with van der Waals surface area (Å²) in [6.45, 7) is 2.93. The van der Waals surface area contributed by atoms with Crippen molar-refractivity contribution < 1.29 is 14.3 Å². The predicted molar refractivity (Wildman–Crippen MR) is 106 cm³/mol. The fourth-order valence-corrected chi connectivity index (χ4v) is 4.64. The lowest BCUT2D eigenvalue weighted by Crippen LogP contribution is -2.30. The number of amides is 2. The maximum atomic E-state index is 12.2. The number of thiophene rings is 1. The molecule has 1 atom stereocenters. The highest BCUT2D eigenvalue weighted by Crippen LogP contribution is 2.33. The maximum absolute atomic E-state index is 12.2. The Balaban J connectivity index is 1.54. The molecule has 1 aliphatic rings. The molecule has 2 N–H and O–H groups in total. The van der Waals surface area contributed by atoms with E-state index in [2.05, 4.69) is 22.9 Å². The molecule has 0 saturated carbocycles. The Labute approximate surface area is 158 Å². The molecule has 1 aliphatic carbocycles. The number of rotatable bonds is 6. The second-order valence-electron chi connectivity index (χ2n) is 6.71. The molecule has 3 rings (SSSR count). The molecule has 140 valence electrons. The topological polar surface area (TPSA) is 59.6 Å². The first-order valence-electron chi connectivity index (χ1n) is 8.95. The van der Waals surface area contributed by atoms with Crippen LogP contribution in [0.5, 0.6) is 11.5 Å². The largest absolute Gasteiger partial charge is 0.497 e. The zero-order valence-corrected chi connectivity index (χ0v) is 16.4. The van der Waals surface area contributed by atoms with Gasteiger partial charge in [0.15, 0.2) is 0 Å². The Hall–Kier alpha value is -2.21. The van der Waals surface area contributed by atoms with Gasteiger partial charge in [0.25, 0.3) is 0 Å². The Bertz CT molecular complexity index is 772. The van der Waals surface area contributed by atoms with Crippen LogP contribution in [-0.4, -0.2) is 26.8 Å². The van der Waals surface area contributed by atoms with Crippen LogP contribution >= 0.6 is 11.3 Å². The Kier molecular flexibility index (Phi) is 6.04. The number of benzene rings is 1.